The molecule has 0 bridgehead atoms. The number of carbonyl (C=O) groups excluding carboxylic acids is 1. The fraction of sp³-hybridized carbons (Fsp3) is 0.278. The molecule has 1 aromatic carbocycles. The van der Waals surface area contributed by atoms with Crippen LogP contribution in [0.2, 0.25) is 0 Å². The van der Waals surface area contributed by atoms with Crippen LogP contribution < -0.4 is 10.2 Å². The SMILES string of the molecule is CN(C)c1nc2c(s1)[C@H](c1cccc3cnccc13)CC(=O)NC2. The van der Waals surface area contributed by atoms with Gasteiger partial charge in [-0.3, -0.25) is 9.78 Å². The molecule has 0 spiro atoms. The molecule has 0 aliphatic carbocycles. The molecule has 1 N–H and O–H groups in total. The van der Waals surface area contributed by atoms with Crippen LogP contribution in [-0.2, 0) is 11.3 Å². The maximum absolute atomic E-state index is 12.2. The van der Waals surface area contributed by atoms with Gasteiger partial charge in [-0.15, -0.1) is 11.3 Å². The van der Waals surface area contributed by atoms with Crippen molar-refractivity contribution in [2.75, 3.05) is 19.0 Å². The van der Waals surface area contributed by atoms with E-state index in [-0.39, 0.29) is 11.8 Å². The largest absolute Gasteiger partial charge is 0.354 e. The zero-order valence-electron chi connectivity index (χ0n) is 13.6. The molecule has 4 rings (SSSR count). The minimum absolute atomic E-state index is 0.0276. The Balaban J connectivity index is 1.91. The summed E-state index contributed by atoms with van der Waals surface area (Å²) in [5.74, 6) is 0.0995. The molecular formula is C18H18N4OS. The summed E-state index contributed by atoms with van der Waals surface area (Å²) in [4.78, 5) is 24.4. The van der Waals surface area contributed by atoms with Crippen LogP contribution in [0.3, 0.4) is 0 Å². The third-order valence-corrected chi connectivity index (χ3v) is 5.73. The molecule has 24 heavy (non-hydrogen) atoms. The molecule has 122 valence electrons. The quantitative estimate of drug-likeness (QED) is 0.780. The second kappa shape index (κ2) is 5.87. The Bertz CT molecular complexity index is 913. The molecule has 1 amide bonds. The molecular weight excluding hydrogens is 320 g/mol. The number of benzene rings is 1. The van der Waals surface area contributed by atoms with Gasteiger partial charge in [-0.25, -0.2) is 4.98 Å². The molecule has 1 aliphatic rings. The molecule has 3 heterocycles. The number of anilines is 1. The van der Waals surface area contributed by atoms with Crippen LogP contribution in [0, 0.1) is 0 Å². The van der Waals surface area contributed by atoms with Gasteiger partial charge in [0.1, 0.15) is 0 Å². The summed E-state index contributed by atoms with van der Waals surface area (Å²) >= 11 is 1.68. The Morgan fingerprint density at radius 3 is 3.00 bits per heavy atom. The number of aromatic nitrogens is 2. The standard InChI is InChI=1S/C18H18N4OS/c1-22(2)18-21-15-10-20-16(23)8-14(17(15)24-18)13-5-3-4-11-9-19-7-6-12(11)13/h3-7,9,14H,8,10H2,1-2H3,(H,20,23)/t14-/m0/s1. The highest BCUT2D eigenvalue weighted by atomic mass is 32.1. The summed E-state index contributed by atoms with van der Waals surface area (Å²) in [7, 11) is 3.99. The number of amides is 1. The zero-order chi connectivity index (χ0) is 16.7. The lowest BCUT2D eigenvalue weighted by atomic mass is 9.90. The van der Waals surface area contributed by atoms with E-state index < -0.39 is 0 Å². The maximum atomic E-state index is 12.2. The van der Waals surface area contributed by atoms with Crippen molar-refractivity contribution in [2.45, 2.75) is 18.9 Å². The Hall–Kier alpha value is -2.47. The third kappa shape index (κ3) is 2.53. The molecule has 0 unspecified atom stereocenters. The monoisotopic (exact) mass is 338 g/mol. The third-order valence-electron chi connectivity index (χ3n) is 4.35. The molecule has 1 aliphatic heterocycles. The molecule has 5 nitrogen and oxygen atoms in total. The van der Waals surface area contributed by atoms with Gasteiger partial charge >= 0.3 is 0 Å². The van der Waals surface area contributed by atoms with E-state index in [4.69, 9.17) is 4.98 Å². The molecule has 0 saturated heterocycles. The highest BCUT2D eigenvalue weighted by Crippen LogP contribution is 2.40. The van der Waals surface area contributed by atoms with E-state index in [0.29, 0.717) is 13.0 Å². The topological polar surface area (TPSA) is 58.1 Å². The Morgan fingerprint density at radius 1 is 1.29 bits per heavy atom. The predicted molar refractivity (Wildman–Crippen MR) is 96.5 cm³/mol. The lowest BCUT2D eigenvalue weighted by Crippen LogP contribution is -2.21. The molecule has 0 saturated carbocycles. The molecule has 3 aromatic rings. The van der Waals surface area contributed by atoms with Gasteiger partial charge in [0.05, 0.1) is 12.2 Å². The summed E-state index contributed by atoms with van der Waals surface area (Å²) in [5.41, 5.74) is 2.15. The normalized spacial score (nSPS) is 17.2. The lowest BCUT2D eigenvalue weighted by Gasteiger charge is -2.16. The predicted octanol–water partition coefficient (Wildman–Crippen LogP) is 2.91. The van der Waals surface area contributed by atoms with E-state index in [1.165, 1.54) is 10.4 Å². The minimum Gasteiger partial charge on any atom is -0.354 e. The average molecular weight is 338 g/mol. The van der Waals surface area contributed by atoms with Gasteiger partial charge in [0, 0.05) is 49.1 Å². The van der Waals surface area contributed by atoms with Gasteiger partial charge in [0.15, 0.2) is 5.13 Å². The van der Waals surface area contributed by atoms with Crippen molar-refractivity contribution < 1.29 is 4.79 Å². The number of nitrogens with one attached hydrogen (secondary N) is 1. The van der Waals surface area contributed by atoms with Crippen LogP contribution in [0.15, 0.2) is 36.7 Å². The first-order valence-electron chi connectivity index (χ1n) is 7.89. The summed E-state index contributed by atoms with van der Waals surface area (Å²) in [6, 6.07) is 8.24. The number of fused-ring (bicyclic) bond motifs is 2. The van der Waals surface area contributed by atoms with Crippen molar-refractivity contribution in [1.82, 2.24) is 15.3 Å². The molecule has 1 atom stereocenters. The second-order valence-electron chi connectivity index (χ2n) is 6.18. The highest BCUT2D eigenvalue weighted by Gasteiger charge is 2.29. The second-order valence-corrected chi connectivity index (χ2v) is 7.19. The van der Waals surface area contributed by atoms with E-state index in [2.05, 4.69) is 22.4 Å². The van der Waals surface area contributed by atoms with E-state index in [0.717, 1.165) is 21.6 Å². The van der Waals surface area contributed by atoms with Crippen molar-refractivity contribution >= 4 is 33.1 Å². The number of thiazole rings is 1. The Kier molecular flexibility index (Phi) is 3.69. The number of pyridine rings is 1. The Labute approximate surface area is 144 Å². The highest BCUT2D eigenvalue weighted by molar-refractivity contribution is 7.15. The van der Waals surface area contributed by atoms with Crippen molar-refractivity contribution in [3.63, 3.8) is 0 Å². The fourth-order valence-electron chi connectivity index (χ4n) is 3.18. The van der Waals surface area contributed by atoms with Gasteiger partial charge < -0.3 is 10.2 Å². The summed E-state index contributed by atoms with van der Waals surface area (Å²) in [6.45, 7) is 0.501. The Morgan fingerprint density at radius 2 is 2.17 bits per heavy atom. The zero-order valence-corrected chi connectivity index (χ0v) is 14.4. The minimum atomic E-state index is 0.0276. The van der Waals surface area contributed by atoms with Crippen LogP contribution in [0.5, 0.6) is 0 Å². The van der Waals surface area contributed by atoms with Crippen molar-refractivity contribution in [3.05, 3.63) is 52.8 Å². The summed E-state index contributed by atoms with van der Waals surface area (Å²) in [5, 5.41) is 6.20. The van der Waals surface area contributed by atoms with Gasteiger partial charge in [-0.2, -0.15) is 0 Å². The van der Waals surface area contributed by atoms with Crippen LogP contribution in [0.25, 0.3) is 10.8 Å². The van der Waals surface area contributed by atoms with Crippen LogP contribution >= 0.6 is 11.3 Å². The van der Waals surface area contributed by atoms with Crippen LogP contribution in [0.4, 0.5) is 5.13 Å². The van der Waals surface area contributed by atoms with Crippen molar-refractivity contribution in [1.29, 1.82) is 0 Å². The van der Waals surface area contributed by atoms with E-state index in [1.807, 2.05) is 37.3 Å². The van der Waals surface area contributed by atoms with E-state index in [9.17, 15) is 4.79 Å². The summed E-state index contributed by atoms with van der Waals surface area (Å²) < 4.78 is 0. The van der Waals surface area contributed by atoms with Crippen LogP contribution in [-0.4, -0.2) is 30.0 Å². The van der Waals surface area contributed by atoms with E-state index in [1.54, 1.807) is 17.5 Å². The molecule has 2 aromatic heterocycles. The van der Waals surface area contributed by atoms with Crippen molar-refractivity contribution in [2.24, 2.45) is 0 Å². The smallest absolute Gasteiger partial charge is 0.221 e. The molecule has 6 heteroatoms. The lowest BCUT2D eigenvalue weighted by molar-refractivity contribution is -0.121. The number of hydrogen-bond acceptors (Lipinski definition) is 5. The van der Waals surface area contributed by atoms with Gasteiger partial charge in [0.2, 0.25) is 5.91 Å². The molecule has 0 fully saturated rings. The first-order valence-corrected chi connectivity index (χ1v) is 8.71. The van der Waals surface area contributed by atoms with Gasteiger partial charge in [-0.05, 0) is 17.0 Å². The van der Waals surface area contributed by atoms with Crippen molar-refractivity contribution in [3.8, 4) is 0 Å². The maximum Gasteiger partial charge on any atom is 0.221 e. The average Bonchev–Trinajstić information content (AvgIpc) is 2.95. The van der Waals surface area contributed by atoms with Gasteiger partial charge in [-0.1, -0.05) is 18.2 Å². The summed E-state index contributed by atoms with van der Waals surface area (Å²) in [6.07, 6.45) is 4.12. The van der Waals surface area contributed by atoms with Crippen LogP contribution in [0.1, 0.15) is 28.5 Å². The number of hydrogen-bond donors (Lipinski definition) is 1. The number of nitrogens with zero attached hydrogens (tertiary/aromatic N) is 3. The first-order chi connectivity index (χ1) is 11.6. The van der Waals surface area contributed by atoms with Gasteiger partial charge in [0.25, 0.3) is 0 Å². The number of rotatable bonds is 2. The molecule has 0 radical (unpaired) electrons. The first kappa shape index (κ1) is 15.1. The van der Waals surface area contributed by atoms with E-state index >= 15 is 0 Å². The number of carbonyl (C=O) groups is 1. The fourth-order valence-corrected chi connectivity index (χ4v) is 4.30.